The van der Waals surface area contributed by atoms with Gasteiger partial charge in [-0.25, -0.2) is 19.6 Å². The topological polar surface area (TPSA) is 93.2 Å². The van der Waals surface area contributed by atoms with Crippen molar-refractivity contribution in [1.82, 2.24) is 24.5 Å². The largest absolute Gasteiger partial charge is 0.345 e. The summed E-state index contributed by atoms with van der Waals surface area (Å²) in [5.74, 6) is 6.79. The summed E-state index contributed by atoms with van der Waals surface area (Å²) in [6, 6.07) is 11.9. The molecule has 5 rings (SSSR count). The molecule has 1 aliphatic heterocycles. The summed E-state index contributed by atoms with van der Waals surface area (Å²) in [6.45, 7) is 5.07. The molecule has 4 aromatic rings. The summed E-state index contributed by atoms with van der Waals surface area (Å²) in [5, 5.41) is 1.65. The molecule has 0 radical (unpaired) electrons. The first-order chi connectivity index (χ1) is 15.2. The quantitative estimate of drug-likeness (QED) is 0.206. The minimum Gasteiger partial charge on any atom is -0.345 e. The van der Waals surface area contributed by atoms with Crippen LogP contribution in [0.5, 0.6) is 0 Å². The first-order valence-corrected chi connectivity index (χ1v) is 12.1. The molecule has 160 valence electrons. The molecule has 2 N–H and O–H groups in total. The van der Waals surface area contributed by atoms with Gasteiger partial charge in [-0.3, -0.25) is 9.69 Å². The van der Waals surface area contributed by atoms with Crippen LogP contribution in [0, 0.1) is 0 Å². The number of rotatable bonds is 6. The van der Waals surface area contributed by atoms with E-state index in [1.54, 1.807) is 29.7 Å². The van der Waals surface area contributed by atoms with E-state index in [2.05, 4.69) is 38.0 Å². The number of pyridine rings is 1. The number of fused-ring (bicyclic) bond motifs is 2. The van der Waals surface area contributed by atoms with Crippen LogP contribution in [-0.2, 0) is 0 Å². The summed E-state index contributed by atoms with van der Waals surface area (Å²) in [4.78, 5) is 30.6. The van der Waals surface area contributed by atoms with E-state index in [1.165, 1.54) is 16.5 Å². The highest BCUT2D eigenvalue weighted by Gasteiger charge is 2.19. The van der Waals surface area contributed by atoms with E-state index < -0.39 is 0 Å². The fourth-order valence-corrected chi connectivity index (χ4v) is 5.58. The molecule has 1 saturated heterocycles. The Kier molecular flexibility index (Phi) is 5.75. The van der Waals surface area contributed by atoms with E-state index in [-0.39, 0.29) is 5.56 Å². The second-order valence-corrected chi connectivity index (χ2v) is 9.51. The first kappa shape index (κ1) is 20.2. The molecule has 0 bridgehead atoms. The number of nitrogens with two attached hydrogens (primary N) is 1. The smallest absolute Gasteiger partial charge is 0.299 e. The standard InChI is InChI=1S/C21H23N7OS2/c22-28-19(29)18-16(6-3-8-23-18)25-21(28)30-14-4-9-26-10-12-27(13-11-26)20-24-15-5-1-2-7-17(15)31-20/h1-3,5-8H,4,9-14,22H2. The van der Waals surface area contributed by atoms with Crippen LogP contribution >= 0.6 is 23.1 Å². The predicted molar refractivity (Wildman–Crippen MR) is 128 cm³/mol. The van der Waals surface area contributed by atoms with Gasteiger partial charge in [-0.15, -0.1) is 0 Å². The van der Waals surface area contributed by atoms with Crippen molar-refractivity contribution in [3.63, 3.8) is 0 Å². The van der Waals surface area contributed by atoms with Gasteiger partial charge in [-0.2, -0.15) is 0 Å². The lowest BCUT2D eigenvalue weighted by Crippen LogP contribution is -2.46. The minimum absolute atomic E-state index is 0.306. The van der Waals surface area contributed by atoms with Crippen molar-refractivity contribution in [2.75, 3.05) is 49.2 Å². The molecule has 10 heteroatoms. The fourth-order valence-electron chi connectivity index (χ4n) is 3.72. The molecule has 3 aromatic heterocycles. The third-order valence-electron chi connectivity index (χ3n) is 5.41. The highest BCUT2D eigenvalue weighted by Crippen LogP contribution is 2.29. The van der Waals surface area contributed by atoms with Gasteiger partial charge in [0.05, 0.1) is 15.7 Å². The fraction of sp³-hybridized carbons (Fsp3) is 0.333. The number of piperazine rings is 1. The van der Waals surface area contributed by atoms with Gasteiger partial charge in [0.2, 0.25) is 0 Å². The normalized spacial score (nSPS) is 15.2. The Morgan fingerprint density at radius 1 is 1.03 bits per heavy atom. The molecular formula is C21H23N7OS2. The number of thiazole rings is 1. The number of para-hydroxylation sites is 1. The van der Waals surface area contributed by atoms with E-state index in [0.29, 0.717) is 16.2 Å². The molecule has 8 nitrogen and oxygen atoms in total. The Bertz CT molecular complexity index is 1230. The molecule has 0 saturated carbocycles. The van der Waals surface area contributed by atoms with Gasteiger partial charge >= 0.3 is 0 Å². The first-order valence-electron chi connectivity index (χ1n) is 10.3. The van der Waals surface area contributed by atoms with Crippen LogP contribution in [0.1, 0.15) is 6.42 Å². The average Bonchev–Trinajstić information content (AvgIpc) is 3.24. The second kappa shape index (κ2) is 8.81. The van der Waals surface area contributed by atoms with Crippen LogP contribution < -0.4 is 16.3 Å². The summed E-state index contributed by atoms with van der Waals surface area (Å²) < 4.78 is 2.35. The van der Waals surface area contributed by atoms with Crippen molar-refractivity contribution >= 4 is 49.5 Å². The van der Waals surface area contributed by atoms with E-state index >= 15 is 0 Å². The van der Waals surface area contributed by atoms with E-state index in [4.69, 9.17) is 10.8 Å². The monoisotopic (exact) mass is 453 g/mol. The summed E-state index contributed by atoms with van der Waals surface area (Å²) in [7, 11) is 0. The number of benzene rings is 1. The molecule has 1 aliphatic rings. The average molecular weight is 454 g/mol. The third-order valence-corrected chi connectivity index (χ3v) is 7.54. The molecule has 0 atom stereocenters. The predicted octanol–water partition coefficient (Wildman–Crippen LogP) is 2.42. The zero-order valence-electron chi connectivity index (χ0n) is 17.0. The number of nitrogens with zero attached hydrogens (tertiary/aromatic N) is 6. The zero-order valence-corrected chi connectivity index (χ0v) is 18.6. The molecule has 4 heterocycles. The molecule has 1 fully saturated rings. The van der Waals surface area contributed by atoms with Gasteiger partial charge < -0.3 is 10.7 Å². The molecule has 0 spiro atoms. The van der Waals surface area contributed by atoms with Crippen molar-refractivity contribution in [1.29, 1.82) is 0 Å². The Hall–Kier alpha value is -2.69. The van der Waals surface area contributed by atoms with E-state index in [1.807, 2.05) is 6.07 Å². The van der Waals surface area contributed by atoms with E-state index in [9.17, 15) is 4.79 Å². The number of hydrogen-bond acceptors (Lipinski definition) is 9. The lowest BCUT2D eigenvalue weighted by molar-refractivity contribution is 0.259. The summed E-state index contributed by atoms with van der Waals surface area (Å²) in [5.41, 5.74) is 1.67. The third kappa shape index (κ3) is 4.23. The minimum atomic E-state index is -0.306. The van der Waals surface area contributed by atoms with Crippen molar-refractivity contribution in [2.45, 2.75) is 11.6 Å². The Morgan fingerprint density at radius 3 is 2.68 bits per heavy atom. The number of nitrogen functional groups attached to an aromatic ring is 1. The SMILES string of the molecule is Nn1c(SCCCN2CCN(c3nc4ccccc4s3)CC2)nc2cccnc2c1=O. The van der Waals surface area contributed by atoms with Crippen molar-refractivity contribution in [3.8, 4) is 0 Å². The highest BCUT2D eigenvalue weighted by molar-refractivity contribution is 7.99. The number of aromatic nitrogens is 4. The van der Waals surface area contributed by atoms with Crippen LogP contribution in [0.15, 0.2) is 52.5 Å². The van der Waals surface area contributed by atoms with Crippen molar-refractivity contribution in [3.05, 3.63) is 52.9 Å². The highest BCUT2D eigenvalue weighted by atomic mass is 32.2. The molecule has 0 amide bonds. The maximum Gasteiger partial charge on any atom is 0.299 e. The zero-order chi connectivity index (χ0) is 21.2. The van der Waals surface area contributed by atoms with Crippen LogP contribution in [0.2, 0.25) is 0 Å². The van der Waals surface area contributed by atoms with Gasteiger partial charge in [0.25, 0.3) is 5.56 Å². The summed E-state index contributed by atoms with van der Waals surface area (Å²) in [6.07, 6.45) is 2.58. The van der Waals surface area contributed by atoms with Crippen molar-refractivity contribution < 1.29 is 0 Å². The van der Waals surface area contributed by atoms with Gasteiger partial charge in [0.1, 0.15) is 0 Å². The summed E-state index contributed by atoms with van der Waals surface area (Å²) >= 11 is 3.29. The lowest BCUT2D eigenvalue weighted by Gasteiger charge is -2.34. The number of hydrogen-bond donors (Lipinski definition) is 1. The number of anilines is 1. The van der Waals surface area contributed by atoms with Crippen LogP contribution in [0.4, 0.5) is 5.13 Å². The van der Waals surface area contributed by atoms with Gasteiger partial charge in [0.15, 0.2) is 15.8 Å². The molecule has 1 aromatic carbocycles. The molecule has 0 aliphatic carbocycles. The molecular weight excluding hydrogens is 430 g/mol. The van der Waals surface area contributed by atoms with Gasteiger partial charge in [-0.05, 0) is 37.2 Å². The molecule has 31 heavy (non-hydrogen) atoms. The van der Waals surface area contributed by atoms with Crippen LogP contribution in [0.3, 0.4) is 0 Å². The second-order valence-electron chi connectivity index (χ2n) is 7.44. The van der Waals surface area contributed by atoms with Gasteiger partial charge in [0, 0.05) is 38.1 Å². The van der Waals surface area contributed by atoms with Crippen LogP contribution in [0.25, 0.3) is 21.3 Å². The molecule has 0 unspecified atom stereocenters. The maximum atomic E-state index is 12.3. The van der Waals surface area contributed by atoms with Crippen LogP contribution in [-0.4, -0.2) is 63.0 Å². The Balaban J connectivity index is 1.12. The van der Waals surface area contributed by atoms with Gasteiger partial charge in [-0.1, -0.05) is 35.2 Å². The van der Waals surface area contributed by atoms with E-state index in [0.717, 1.165) is 60.2 Å². The number of thioether (sulfide) groups is 1. The van der Waals surface area contributed by atoms with Crippen molar-refractivity contribution in [2.24, 2.45) is 0 Å². The Labute approximate surface area is 187 Å². The Morgan fingerprint density at radius 2 is 1.84 bits per heavy atom. The maximum absolute atomic E-state index is 12.3. The lowest BCUT2D eigenvalue weighted by atomic mass is 10.3.